The molecule has 0 aliphatic rings. The van der Waals surface area contributed by atoms with Gasteiger partial charge in [0.2, 0.25) is 0 Å². The van der Waals surface area contributed by atoms with Gasteiger partial charge in [-0.1, -0.05) is 30.3 Å². The summed E-state index contributed by atoms with van der Waals surface area (Å²) in [5.74, 6) is 0.143. The minimum Gasteiger partial charge on any atom is -0.490 e. The lowest BCUT2D eigenvalue weighted by molar-refractivity contribution is 0.0938. The van der Waals surface area contributed by atoms with Gasteiger partial charge in [-0.3, -0.25) is 14.9 Å². The number of amides is 2. The van der Waals surface area contributed by atoms with E-state index in [4.69, 9.17) is 17.0 Å². The second-order valence-corrected chi connectivity index (χ2v) is 9.17. The summed E-state index contributed by atoms with van der Waals surface area (Å²) in [6.45, 7) is 5.80. The molecule has 0 saturated carbocycles. The van der Waals surface area contributed by atoms with Crippen LogP contribution in [0.15, 0.2) is 77.3 Å². The van der Waals surface area contributed by atoms with Gasteiger partial charge in [0.05, 0.1) is 16.6 Å². The van der Waals surface area contributed by atoms with Crippen molar-refractivity contribution in [2.45, 2.75) is 32.9 Å². The summed E-state index contributed by atoms with van der Waals surface area (Å²) in [6, 6.07) is 21.6. The fourth-order valence-electron chi connectivity index (χ4n) is 3.14. The maximum absolute atomic E-state index is 12.5. The Morgan fingerprint density at radius 2 is 1.53 bits per heavy atom. The number of rotatable bonds is 7. The zero-order valence-corrected chi connectivity index (χ0v) is 21.5. The third-order valence-corrected chi connectivity index (χ3v) is 5.66. The van der Waals surface area contributed by atoms with Gasteiger partial charge < -0.3 is 15.4 Å². The number of hydrogen-bond acceptors (Lipinski definition) is 4. The molecule has 1 unspecified atom stereocenters. The van der Waals surface area contributed by atoms with Crippen molar-refractivity contribution >= 4 is 50.8 Å². The number of anilines is 1. The maximum Gasteiger partial charge on any atom is 0.257 e. The highest BCUT2D eigenvalue weighted by Gasteiger charge is 2.13. The predicted molar refractivity (Wildman–Crippen MR) is 142 cm³/mol. The van der Waals surface area contributed by atoms with Crippen LogP contribution in [0.1, 0.15) is 53.1 Å². The van der Waals surface area contributed by atoms with Crippen molar-refractivity contribution in [2.24, 2.45) is 0 Å². The van der Waals surface area contributed by atoms with Crippen molar-refractivity contribution in [2.75, 3.05) is 5.32 Å². The summed E-state index contributed by atoms with van der Waals surface area (Å²) in [6.07, 6.45) is 0.0254. The number of carbonyl (C=O) groups excluding carboxylic acids is 2. The first-order valence-corrected chi connectivity index (χ1v) is 12.0. The Bertz CT molecular complexity index is 1170. The van der Waals surface area contributed by atoms with Crippen molar-refractivity contribution in [1.29, 1.82) is 0 Å². The van der Waals surface area contributed by atoms with Crippen molar-refractivity contribution in [3.63, 3.8) is 0 Å². The second kappa shape index (κ2) is 11.8. The van der Waals surface area contributed by atoms with Crippen LogP contribution in [0.25, 0.3) is 0 Å². The highest BCUT2D eigenvalue weighted by Crippen LogP contribution is 2.27. The van der Waals surface area contributed by atoms with E-state index in [0.717, 1.165) is 5.56 Å². The highest BCUT2D eigenvalue weighted by molar-refractivity contribution is 9.10. The van der Waals surface area contributed by atoms with Gasteiger partial charge in [0.25, 0.3) is 11.8 Å². The summed E-state index contributed by atoms with van der Waals surface area (Å²) >= 11 is 8.69. The monoisotopic (exact) mass is 539 g/mol. The Balaban J connectivity index is 1.54. The third kappa shape index (κ3) is 7.13. The summed E-state index contributed by atoms with van der Waals surface area (Å²) in [5, 5.41) is 8.75. The fraction of sp³-hybridized carbons (Fsp3) is 0.192. The van der Waals surface area contributed by atoms with Crippen LogP contribution in [0.2, 0.25) is 0 Å². The number of benzene rings is 3. The number of halogens is 1. The van der Waals surface area contributed by atoms with Crippen molar-refractivity contribution in [1.82, 2.24) is 10.6 Å². The second-order valence-electron chi connectivity index (χ2n) is 7.90. The van der Waals surface area contributed by atoms with Gasteiger partial charge in [-0.25, -0.2) is 0 Å². The molecule has 2 amide bonds. The van der Waals surface area contributed by atoms with E-state index >= 15 is 0 Å². The molecule has 0 aliphatic carbocycles. The Labute approximate surface area is 213 Å². The Morgan fingerprint density at radius 1 is 0.882 bits per heavy atom. The van der Waals surface area contributed by atoms with E-state index in [1.54, 1.807) is 42.5 Å². The van der Waals surface area contributed by atoms with E-state index in [0.29, 0.717) is 27.0 Å². The van der Waals surface area contributed by atoms with E-state index in [2.05, 4.69) is 31.9 Å². The Kier molecular flexibility index (Phi) is 8.79. The molecule has 6 nitrogen and oxygen atoms in total. The fourth-order valence-corrected chi connectivity index (χ4v) is 3.82. The first-order chi connectivity index (χ1) is 16.2. The van der Waals surface area contributed by atoms with Crippen LogP contribution in [-0.2, 0) is 0 Å². The summed E-state index contributed by atoms with van der Waals surface area (Å²) < 4.78 is 6.35. The minimum atomic E-state index is -0.347. The van der Waals surface area contributed by atoms with Gasteiger partial charge in [0.1, 0.15) is 5.75 Å². The van der Waals surface area contributed by atoms with E-state index in [1.807, 2.05) is 51.1 Å². The lowest BCUT2D eigenvalue weighted by atomic mass is 10.1. The largest absolute Gasteiger partial charge is 0.490 e. The number of thiocarbonyl (C=S) groups is 1. The predicted octanol–water partition coefficient (Wildman–Crippen LogP) is 5.85. The van der Waals surface area contributed by atoms with E-state index in [-0.39, 0.29) is 29.1 Å². The summed E-state index contributed by atoms with van der Waals surface area (Å²) in [4.78, 5) is 25.1. The molecule has 3 N–H and O–H groups in total. The zero-order valence-electron chi connectivity index (χ0n) is 19.1. The average molecular weight is 540 g/mol. The van der Waals surface area contributed by atoms with Crippen LogP contribution in [0.5, 0.6) is 5.75 Å². The van der Waals surface area contributed by atoms with Crippen LogP contribution in [0, 0.1) is 0 Å². The molecule has 3 aromatic rings. The molecule has 0 fully saturated rings. The molecule has 0 bridgehead atoms. The first-order valence-electron chi connectivity index (χ1n) is 10.8. The average Bonchev–Trinajstić information content (AvgIpc) is 2.81. The summed E-state index contributed by atoms with van der Waals surface area (Å²) in [7, 11) is 0. The first kappa shape index (κ1) is 25.4. The Hall–Kier alpha value is -3.23. The van der Waals surface area contributed by atoms with Crippen LogP contribution in [-0.4, -0.2) is 23.0 Å². The van der Waals surface area contributed by atoms with Crippen molar-refractivity contribution < 1.29 is 14.3 Å². The van der Waals surface area contributed by atoms with Crippen LogP contribution >= 0.6 is 28.1 Å². The molecule has 8 heteroatoms. The van der Waals surface area contributed by atoms with Gasteiger partial charge in [-0.15, -0.1) is 0 Å². The molecule has 0 aliphatic heterocycles. The molecule has 34 heavy (non-hydrogen) atoms. The van der Waals surface area contributed by atoms with Gasteiger partial charge >= 0.3 is 0 Å². The number of carbonyl (C=O) groups is 2. The number of hydrogen-bond donors (Lipinski definition) is 3. The quantitative estimate of drug-likeness (QED) is 0.328. The van der Waals surface area contributed by atoms with Crippen LogP contribution < -0.4 is 20.7 Å². The van der Waals surface area contributed by atoms with Crippen molar-refractivity contribution in [3.05, 3.63) is 94.0 Å². The number of ether oxygens (including phenoxy) is 1. The minimum absolute atomic E-state index is 0.0254. The molecule has 0 aromatic heterocycles. The van der Waals surface area contributed by atoms with Gasteiger partial charge in [0, 0.05) is 16.8 Å². The number of nitrogens with one attached hydrogen (secondary N) is 3. The molecule has 0 heterocycles. The van der Waals surface area contributed by atoms with Crippen LogP contribution in [0.3, 0.4) is 0 Å². The van der Waals surface area contributed by atoms with Gasteiger partial charge in [-0.05, 0) is 96.9 Å². The molecule has 3 aromatic carbocycles. The van der Waals surface area contributed by atoms with Crippen LogP contribution in [0.4, 0.5) is 5.69 Å². The molecule has 0 radical (unpaired) electrons. The SMILES string of the molecule is CC(C)Oc1ccc(C(=O)NC(=S)Nc2ccc(C(=O)NC(C)c3ccccc3)cc2)cc1Br. The standard InChI is InChI=1S/C26H26BrN3O3S/c1-16(2)33-23-14-11-20(15-22(23)27)25(32)30-26(34)29-21-12-9-19(10-13-21)24(31)28-17(3)18-7-5-4-6-8-18/h4-17H,1-3H3,(H,28,31)(H2,29,30,32,34). The van der Waals surface area contributed by atoms with Gasteiger partial charge in [-0.2, -0.15) is 0 Å². The molecule has 176 valence electrons. The normalized spacial score (nSPS) is 11.4. The lowest BCUT2D eigenvalue weighted by Gasteiger charge is -2.15. The van der Waals surface area contributed by atoms with E-state index in [9.17, 15) is 9.59 Å². The Morgan fingerprint density at radius 3 is 2.15 bits per heavy atom. The zero-order chi connectivity index (χ0) is 24.7. The third-order valence-electron chi connectivity index (χ3n) is 4.84. The van der Waals surface area contributed by atoms with E-state index in [1.165, 1.54) is 0 Å². The molecular formula is C26H26BrN3O3S. The summed E-state index contributed by atoms with van der Waals surface area (Å²) in [5.41, 5.74) is 2.65. The molecule has 0 saturated heterocycles. The van der Waals surface area contributed by atoms with Crippen molar-refractivity contribution in [3.8, 4) is 5.75 Å². The van der Waals surface area contributed by atoms with Gasteiger partial charge in [0.15, 0.2) is 5.11 Å². The lowest BCUT2D eigenvalue weighted by Crippen LogP contribution is -2.34. The molecular weight excluding hydrogens is 514 g/mol. The highest BCUT2D eigenvalue weighted by atomic mass is 79.9. The molecule has 1 atom stereocenters. The smallest absolute Gasteiger partial charge is 0.257 e. The van der Waals surface area contributed by atoms with E-state index < -0.39 is 0 Å². The molecule has 3 rings (SSSR count). The topological polar surface area (TPSA) is 79.5 Å². The maximum atomic E-state index is 12.5. The molecule has 0 spiro atoms.